The summed E-state index contributed by atoms with van der Waals surface area (Å²) in [6.07, 6.45) is 1.34. The number of methoxy groups -OCH3 is 1. The lowest BCUT2D eigenvalue weighted by Gasteiger charge is -2.33. The molecule has 3 amide bonds. The van der Waals surface area contributed by atoms with Crippen molar-refractivity contribution in [2.45, 2.75) is 45.6 Å². The fraction of sp³-hybridized carbons (Fsp3) is 0.786. The summed E-state index contributed by atoms with van der Waals surface area (Å²) in [5, 5.41) is 0.512. The van der Waals surface area contributed by atoms with Gasteiger partial charge in [0.1, 0.15) is 0 Å². The molecule has 1 fully saturated rings. The van der Waals surface area contributed by atoms with Crippen molar-refractivity contribution >= 4 is 28.3 Å². The molecule has 0 saturated heterocycles. The van der Waals surface area contributed by atoms with Gasteiger partial charge in [0.2, 0.25) is 5.91 Å². The van der Waals surface area contributed by atoms with Gasteiger partial charge in [0.05, 0.1) is 25.2 Å². The predicted molar refractivity (Wildman–Crippen MR) is 88.1 cm³/mol. The number of carbonyl (C=O) groups is 3. The highest BCUT2D eigenvalue weighted by atomic mass is 32.3. The van der Waals surface area contributed by atoms with Crippen molar-refractivity contribution in [3.63, 3.8) is 0 Å². The number of nitrogens with zero attached hydrogens (tertiary/aromatic N) is 1. The topological polar surface area (TPSA) is 168 Å². The van der Waals surface area contributed by atoms with E-state index in [4.69, 9.17) is 11.5 Å². The van der Waals surface area contributed by atoms with E-state index in [9.17, 15) is 22.8 Å². The molecule has 1 aliphatic rings. The monoisotopic (exact) mass is 395 g/mol. The van der Waals surface area contributed by atoms with Crippen molar-refractivity contribution in [1.82, 2.24) is 5.06 Å². The van der Waals surface area contributed by atoms with Crippen LogP contribution in [0.4, 0.5) is 4.79 Å². The van der Waals surface area contributed by atoms with Gasteiger partial charge in [-0.15, -0.1) is 4.28 Å². The zero-order chi connectivity index (χ0) is 20.1. The third-order valence-electron chi connectivity index (χ3n) is 4.12. The number of nitrogens with two attached hydrogens (primary N) is 2. The van der Waals surface area contributed by atoms with Crippen LogP contribution in [-0.4, -0.2) is 51.1 Å². The molecule has 0 aromatic rings. The molecular formula is C14H25N3O8S. The van der Waals surface area contributed by atoms with Gasteiger partial charge in [0, 0.05) is 5.92 Å². The number of hydrogen-bond donors (Lipinski definition) is 2. The summed E-state index contributed by atoms with van der Waals surface area (Å²) in [6.45, 7) is 2.29. The first kappa shape index (κ1) is 22.1. The third kappa shape index (κ3) is 6.11. The third-order valence-corrected chi connectivity index (χ3v) is 4.87. The van der Waals surface area contributed by atoms with Crippen LogP contribution in [0, 0.1) is 11.3 Å². The molecule has 0 atom stereocenters. The van der Waals surface area contributed by atoms with Crippen LogP contribution < -0.4 is 11.5 Å². The number of primary amides is 2. The smallest absolute Gasteiger partial charge is 0.421 e. The zero-order valence-corrected chi connectivity index (χ0v) is 15.8. The lowest BCUT2D eigenvalue weighted by molar-refractivity contribution is -0.152. The van der Waals surface area contributed by atoms with Gasteiger partial charge in [0.15, 0.2) is 0 Å². The predicted octanol–water partition coefficient (Wildman–Crippen LogP) is -0.197. The van der Waals surface area contributed by atoms with Crippen molar-refractivity contribution in [1.29, 1.82) is 0 Å². The number of carbonyl (C=O) groups excluding carboxylic acids is 3. The first-order valence-electron chi connectivity index (χ1n) is 7.95. The Morgan fingerprint density at radius 1 is 1.12 bits per heavy atom. The van der Waals surface area contributed by atoms with E-state index in [-0.39, 0.29) is 5.92 Å². The summed E-state index contributed by atoms with van der Waals surface area (Å²) >= 11 is 0. The summed E-state index contributed by atoms with van der Waals surface area (Å²) in [6, 6.07) is -1.76. The first-order chi connectivity index (χ1) is 11.9. The Balaban J connectivity index is 2.73. The van der Waals surface area contributed by atoms with Gasteiger partial charge in [-0.2, -0.15) is 13.5 Å². The number of rotatable bonds is 8. The molecule has 0 unspecified atom stereocenters. The van der Waals surface area contributed by atoms with E-state index >= 15 is 0 Å². The SMILES string of the molecule is COC(=O)C(C)(C)COS(=O)(=O)ON(C(N)=O)[C@H]1CC[C@H](C(N)=O)CC1. The maximum Gasteiger partial charge on any atom is 0.421 e. The number of esters is 1. The Labute approximate surface area is 152 Å². The number of hydrogen-bond acceptors (Lipinski definition) is 8. The van der Waals surface area contributed by atoms with Crippen LogP contribution in [0.15, 0.2) is 0 Å². The average Bonchev–Trinajstić information content (AvgIpc) is 2.57. The number of amides is 3. The Morgan fingerprint density at radius 2 is 1.65 bits per heavy atom. The highest BCUT2D eigenvalue weighted by Gasteiger charge is 2.36. The highest BCUT2D eigenvalue weighted by Crippen LogP contribution is 2.28. The molecule has 0 aromatic heterocycles. The minimum atomic E-state index is -4.65. The summed E-state index contributed by atoms with van der Waals surface area (Å²) in [5.74, 6) is -1.46. The summed E-state index contributed by atoms with van der Waals surface area (Å²) in [4.78, 5) is 34.3. The van der Waals surface area contributed by atoms with Crippen LogP contribution in [0.3, 0.4) is 0 Å². The molecule has 1 aliphatic carbocycles. The molecule has 0 aromatic carbocycles. The van der Waals surface area contributed by atoms with E-state index < -0.39 is 46.4 Å². The normalized spacial score (nSPS) is 21.0. The Hall–Kier alpha value is -1.92. The van der Waals surface area contributed by atoms with Gasteiger partial charge in [0.25, 0.3) is 0 Å². The fourth-order valence-corrected chi connectivity index (χ4v) is 3.42. The molecule has 0 heterocycles. The van der Waals surface area contributed by atoms with Gasteiger partial charge in [-0.3, -0.25) is 9.59 Å². The molecule has 1 rings (SSSR count). The van der Waals surface area contributed by atoms with Crippen LogP contribution in [0.25, 0.3) is 0 Å². The van der Waals surface area contributed by atoms with Gasteiger partial charge in [-0.05, 0) is 39.5 Å². The molecule has 12 heteroatoms. The zero-order valence-electron chi connectivity index (χ0n) is 15.0. The van der Waals surface area contributed by atoms with Gasteiger partial charge in [-0.1, -0.05) is 0 Å². The number of ether oxygens (including phenoxy) is 1. The van der Waals surface area contributed by atoms with Crippen molar-refractivity contribution in [3.05, 3.63) is 0 Å². The van der Waals surface area contributed by atoms with E-state index in [1.807, 2.05) is 0 Å². The minimum absolute atomic E-state index is 0.291. The standard InChI is InChI=1S/C14H25N3O8S/c1-14(2,12(19)23-3)8-24-26(21,22)25-17(13(16)20)10-6-4-9(5-7-10)11(15)18/h9-10H,4-8H2,1-3H3,(H2,15,18)(H2,16,20)/t9-,10-. The molecule has 150 valence electrons. The molecule has 4 N–H and O–H groups in total. The molecule has 0 radical (unpaired) electrons. The number of hydroxylamine groups is 2. The molecule has 26 heavy (non-hydrogen) atoms. The van der Waals surface area contributed by atoms with E-state index in [1.54, 1.807) is 0 Å². The molecule has 0 spiro atoms. The largest absolute Gasteiger partial charge is 0.469 e. The van der Waals surface area contributed by atoms with Crippen LogP contribution in [-0.2, 0) is 33.2 Å². The van der Waals surface area contributed by atoms with Crippen LogP contribution in [0.5, 0.6) is 0 Å². The quantitative estimate of drug-likeness (QED) is 0.421. The maximum absolute atomic E-state index is 12.0. The van der Waals surface area contributed by atoms with E-state index in [1.165, 1.54) is 13.8 Å². The second kappa shape index (κ2) is 8.64. The van der Waals surface area contributed by atoms with Crippen molar-refractivity contribution in [3.8, 4) is 0 Å². The van der Waals surface area contributed by atoms with E-state index in [0.29, 0.717) is 30.7 Å². The van der Waals surface area contributed by atoms with E-state index in [0.717, 1.165) is 7.11 Å². The summed E-state index contributed by atoms with van der Waals surface area (Å²) in [7, 11) is -3.50. The Kier molecular flexibility index (Phi) is 7.35. The second-order valence-corrected chi connectivity index (χ2v) is 7.89. The van der Waals surface area contributed by atoms with E-state index in [2.05, 4.69) is 13.2 Å². The van der Waals surface area contributed by atoms with Crippen molar-refractivity contribution in [2.75, 3.05) is 13.7 Å². The lowest BCUT2D eigenvalue weighted by atomic mass is 9.85. The van der Waals surface area contributed by atoms with Crippen molar-refractivity contribution < 1.29 is 36.0 Å². The van der Waals surface area contributed by atoms with Crippen molar-refractivity contribution in [2.24, 2.45) is 22.8 Å². The molecule has 0 aliphatic heterocycles. The molecule has 0 bridgehead atoms. The maximum atomic E-state index is 12.0. The first-order valence-corrected chi connectivity index (χ1v) is 9.28. The number of urea groups is 1. The fourth-order valence-electron chi connectivity index (χ4n) is 2.55. The highest BCUT2D eigenvalue weighted by molar-refractivity contribution is 7.81. The lowest BCUT2D eigenvalue weighted by Crippen LogP contribution is -2.47. The Morgan fingerprint density at radius 3 is 2.08 bits per heavy atom. The minimum Gasteiger partial charge on any atom is -0.469 e. The molecular weight excluding hydrogens is 370 g/mol. The second-order valence-electron chi connectivity index (χ2n) is 6.69. The average molecular weight is 395 g/mol. The van der Waals surface area contributed by atoms with Crippen LogP contribution in [0.2, 0.25) is 0 Å². The summed E-state index contributed by atoms with van der Waals surface area (Å²) < 4.78 is 37.9. The van der Waals surface area contributed by atoms with Crippen LogP contribution in [0.1, 0.15) is 39.5 Å². The van der Waals surface area contributed by atoms with Gasteiger partial charge < -0.3 is 16.2 Å². The molecule has 1 saturated carbocycles. The van der Waals surface area contributed by atoms with Gasteiger partial charge >= 0.3 is 22.4 Å². The Bertz CT molecular complexity index is 641. The molecule has 11 nitrogen and oxygen atoms in total. The summed E-state index contributed by atoms with van der Waals surface area (Å²) in [5.41, 5.74) is 9.19. The van der Waals surface area contributed by atoms with Gasteiger partial charge in [-0.25, -0.2) is 8.98 Å². The van der Waals surface area contributed by atoms with Crippen LogP contribution >= 0.6 is 0 Å².